The smallest absolute Gasteiger partial charge is 0.234 e. The predicted molar refractivity (Wildman–Crippen MR) is 124 cm³/mol. The van der Waals surface area contributed by atoms with Crippen molar-refractivity contribution >= 4 is 35.8 Å². The molecule has 0 saturated carbocycles. The summed E-state index contributed by atoms with van der Waals surface area (Å²) in [6.45, 7) is 5.57. The van der Waals surface area contributed by atoms with Gasteiger partial charge >= 0.3 is 0 Å². The normalized spacial score (nSPS) is 15.0. The fraction of sp³-hybridized carbons (Fsp3) is 0.600. The first-order valence-electron chi connectivity index (χ1n) is 9.80. The summed E-state index contributed by atoms with van der Waals surface area (Å²) in [5.41, 5.74) is 1.01. The maximum atomic E-state index is 13.2. The molecule has 164 valence electrons. The minimum Gasteiger partial charge on any atom is -0.383 e. The van der Waals surface area contributed by atoms with Crippen LogP contribution in [0.1, 0.15) is 12.0 Å². The van der Waals surface area contributed by atoms with Gasteiger partial charge in [0.1, 0.15) is 5.82 Å². The fourth-order valence-corrected chi connectivity index (χ4v) is 3.19. The number of benzene rings is 1. The summed E-state index contributed by atoms with van der Waals surface area (Å²) in [6.07, 6.45) is 1.73. The van der Waals surface area contributed by atoms with Crippen LogP contribution < -0.4 is 10.6 Å². The van der Waals surface area contributed by atoms with Gasteiger partial charge in [-0.1, -0.05) is 12.1 Å². The number of hydrogen-bond acceptors (Lipinski definition) is 4. The highest BCUT2D eigenvalue weighted by atomic mass is 127. The lowest BCUT2D eigenvalue weighted by Crippen LogP contribution is -2.54. The van der Waals surface area contributed by atoms with E-state index in [1.807, 2.05) is 6.07 Å². The first kappa shape index (κ1) is 25.6. The van der Waals surface area contributed by atoms with Gasteiger partial charge in [0.2, 0.25) is 5.91 Å². The highest BCUT2D eigenvalue weighted by molar-refractivity contribution is 14.0. The Balaban J connectivity index is 0.00000420. The third-order valence-corrected chi connectivity index (χ3v) is 4.69. The number of ether oxygens (including phenoxy) is 1. The Hall–Kier alpha value is -1.46. The monoisotopic (exact) mass is 521 g/mol. The van der Waals surface area contributed by atoms with E-state index in [4.69, 9.17) is 4.74 Å². The molecule has 0 aliphatic carbocycles. The summed E-state index contributed by atoms with van der Waals surface area (Å²) in [6, 6.07) is 6.74. The number of piperazine rings is 1. The van der Waals surface area contributed by atoms with Gasteiger partial charge in [-0.2, -0.15) is 0 Å². The van der Waals surface area contributed by atoms with Gasteiger partial charge in [0.05, 0.1) is 13.2 Å². The van der Waals surface area contributed by atoms with E-state index >= 15 is 0 Å². The van der Waals surface area contributed by atoms with Crippen molar-refractivity contribution in [3.05, 3.63) is 35.6 Å². The van der Waals surface area contributed by atoms with Crippen molar-refractivity contribution in [2.45, 2.75) is 12.8 Å². The number of amides is 1. The van der Waals surface area contributed by atoms with E-state index < -0.39 is 0 Å². The molecule has 29 heavy (non-hydrogen) atoms. The zero-order valence-electron chi connectivity index (χ0n) is 17.3. The fourth-order valence-electron chi connectivity index (χ4n) is 3.19. The number of methoxy groups -OCH3 is 1. The van der Waals surface area contributed by atoms with Crippen molar-refractivity contribution in [1.82, 2.24) is 20.4 Å². The van der Waals surface area contributed by atoms with Crippen LogP contribution in [0.25, 0.3) is 0 Å². The SMILES string of the molecule is CN=C(NCCCc1cccc(F)c1)N1CCN(CC(=O)NCCOC)CC1.I. The molecule has 0 spiro atoms. The van der Waals surface area contributed by atoms with Gasteiger partial charge in [0.15, 0.2) is 5.96 Å². The number of carbonyl (C=O) groups excluding carboxylic acids is 1. The Kier molecular flexibility index (Phi) is 12.8. The number of nitrogens with zero attached hydrogens (tertiary/aromatic N) is 3. The Morgan fingerprint density at radius 3 is 2.62 bits per heavy atom. The molecular weight excluding hydrogens is 488 g/mol. The van der Waals surface area contributed by atoms with Gasteiger partial charge in [0, 0.05) is 53.4 Å². The van der Waals surface area contributed by atoms with Gasteiger partial charge in [-0.05, 0) is 30.5 Å². The second-order valence-corrected chi connectivity index (χ2v) is 6.81. The van der Waals surface area contributed by atoms with Gasteiger partial charge in [-0.3, -0.25) is 14.7 Å². The highest BCUT2D eigenvalue weighted by Gasteiger charge is 2.20. The number of nitrogens with one attached hydrogen (secondary N) is 2. The molecule has 0 aromatic heterocycles. The van der Waals surface area contributed by atoms with E-state index in [0.717, 1.165) is 57.1 Å². The summed E-state index contributed by atoms with van der Waals surface area (Å²) in [7, 11) is 3.40. The van der Waals surface area contributed by atoms with E-state index in [2.05, 4.69) is 25.4 Å². The van der Waals surface area contributed by atoms with E-state index in [-0.39, 0.29) is 35.7 Å². The van der Waals surface area contributed by atoms with Crippen LogP contribution in [0.15, 0.2) is 29.3 Å². The molecule has 0 bridgehead atoms. The van der Waals surface area contributed by atoms with E-state index in [9.17, 15) is 9.18 Å². The molecule has 7 nitrogen and oxygen atoms in total. The van der Waals surface area contributed by atoms with Gasteiger partial charge in [0.25, 0.3) is 0 Å². The first-order chi connectivity index (χ1) is 13.6. The van der Waals surface area contributed by atoms with E-state index in [1.165, 1.54) is 6.07 Å². The number of carbonyl (C=O) groups is 1. The lowest BCUT2D eigenvalue weighted by molar-refractivity contribution is -0.122. The molecule has 2 N–H and O–H groups in total. The van der Waals surface area contributed by atoms with Crippen LogP contribution in [-0.4, -0.2) is 88.2 Å². The van der Waals surface area contributed by atoms with Gasteiger partial charge < -0.3 is 20.3 Å². The molecule has 0 atom stereocenters. The van der Waals surface area contributed by atoms with Crippen LogP contribution in [0.5, 0.6) is 0 Å². The summed E-state index contributed by atoms with van der Waals surface area (Å²) in [4.78, 5) is 20.6. The molecule has 1 aliphatic heterocycles. The van der Waals surface area contributed by atoms with Crippen molar-refractivity contribution in [2.24, 2.45) is 4.99 Å². The molecule has 0 unspecified atom stereocenters. The molecule has 0 radical (unpaired) electrons. The van der Waals surface area contributed by atoms with E-state index in [1.54, 1.807) is 26.3 Å². The second kappa shape index (κ2) is 14.5. The number of rotatable bonds is 9. The van der Waals surface area contributed by atoms with Gasteiger partial charge in [-0.15, -0.1) is 24.0 Å². The van der Waals surface area contributed by atoms with Crippen molar-refractivity contribution in [2.75, 3.05) is 66.6 Å². The average molecular weight is 521 g/mol. The van der Waals surface area contributed by atoms with Gasteiger partial charge in [-0.25, -0.2) is 4.39 Å². The molecule has 1 fully saturated rings. The number of hydrogen-bond donors (Lipinski definition) is 2. The van der Waals surface area contributed by atoms with Crippen molar-refractivity contribution in [1.29, 1.82) is 0 Å². The molecule has 1 aromatic rings. The maximum absolute atomic E-state index is 13.2. The quantitative estimate of drug-likeness (QED) is 0.222. The van der Waals surface area contributed by atoms with Crippen LogP contribution in [-0.2, 0) is 16.0 Å². The molecule has 1 aromatic carbocycles. The lowest BCUT2D eigenvalue weighted by Gasteiger charge is -2.36. The minimum absolute atomic E-state index is 0. The van der Waals surface area contributed by atoms with Crippen LogP contribution >= 0.6 is 24.0 Å². The van der Waals surface area contributed by atoms with Crippen LogP contribution in [0.3, 0.4) is 0 Å². The average Bonchev–Trinajstić information content (AvgIpc) is 2.69. The topological polar surface area (TPSA) is 69.2 Å². The molecule has 2 rings (SSSR count). The molecule has 1 saturated heterocycles. The molecular formula is C20H33FIN5O2. The number of aryl methyl sites for hydroxylation is 1. The Morgan fingerprint density at radius 1 is 1.21 bits per heavy atom. The van der Waals surface area contributed by atoms with Crippen LogP contribution in [0, 0.1) is 5.82 Å². The summed E-state index contributed by atoms with van der Waals surface area (Å²) >= 11 is 0. The maximum Gasteiger partial charge on any atom is 0.234 e. The second-order valence-electron chi connectivity index (χ2n) is 6.81. The van der Waals surface area contributed by atoms with Crippen molar-refractivity contribution < 1.29 is 13.9 Å². The van der Waals surface area contributed by atoms with Crippen LogP contribution in [0.2, 0.25) is 0 Å². The Bertz CT molecular complexity index is 639. The Morgan fingerprint density at radius 2 is 1.97 bits per heavy atom. The molecule has 9 heteroatoms. The zero-order valence-corrected chi connectivity index (χ0v) is 19.7. The lowest BCUT2D eigenvalue weighted by atomic mass is 10.1. The third kappa shape index (κ3) is 9.72. The standard InChI is InChI=1S/C20H32FN5O2.HI/c1-22-20(24-8-4-6-17-5-3-7-18(21)15-17)26-12-10-25(11-13-26)16-19(27)23-9-14-28-2;/h3,5,7,15H,4,6,8-14,16H2,1-2H3,(H,22,24)(H,23,27);1H. The minimum atomic E-state index is -0.188. The van der Waals surface area contributed by atoms with E-state index in [0.29, 0.717) is 19.7 Å². The molecule has 1 heterocycles. The number of aliphatic imine (C=N–C) groups is 1. The van der Waals surface area contributed by atoms with Crippen molar-refractivity contribution in [3.8, 4) is 0 Å². The number of halogens is 2. The highest BCUT2D eigenvalue weighted by Crippen LogP contribution is 2.06. The third-order valence-electron chi connectivity index (χ3n) is 4.69. The summed E-state index contributed by atoms with van der Waals surface area (Å²) in [5.74, 6) is 0.723. The number of guanidine groups is 1. The largest absolute Gasteiger partial charge is 0.383 e. The zero-order chi connectivity index (χ0) is 20.2. The Labute approximate surface area is 190 Å². The van der Waals surface area contributed by atoms with Crippen molar-refractivity contribution in [3.63, 3.8) is 0 Å². The molecule has 1 amide bonds. The van der Waals surface area contributed by atoms with Crippen LogP contribution in [0.4, 0.5) is 4.39 Å². The predicted octanol–water partition coefficient (Wildman–Crippen LogP) is 1.33. The summed E-state index contributed by atoms with van der Waals surface area (Å²) in [5, 5.41) is 6.23. The summed E-state index contributed by atoms with van der Waals surface area (Å²) < 4.78 is 18.1. The molecule has 1 aliphatic rings. The first-order valence-corrected chi connectivity index (χ1v) is 9.80.